The van der Waals surface area contributed by atoms with Crippen molar-refractivity contribution >= 4 is 35.1 Å². The molecule has 0 saturated carbocycles. The molecule has 0 spiro atoms. The van der Waals surface area contributed by atoms with Gasteiger partial charge in [-0.2, -0.15) is 5.10 Å². The standard InChI is InChI=1S/C14H19Cl2N7O2/c1-5-7(8(15)6-2)9-10(16)11(19-22(3)13(9)25)12(24)17-14-18-20-21-23(14)4/h7-8H,5-6H2,1-4H3,(H,17,18,21,24). The minimum atomic E-state index is -0.614. The van der Waals surface area contributed by atoms with Crippen LogP contribution in [-0.4, -0.2) is 41.3 Å². The van der Waals surface area contributed by atoms with E-state index < -0.39 is 5.91 Å². The summed E-state index contributed by atoms with van der Waals surface area (Å²) in [6.07, 6.45) is 1.27. The lowest BCUT2D eigenvalue weighted by Crippen LogP contribution is -2.32. The predicted octanol–water partition coefficient (Wildman–Crippen LogP) is 1.72. The minimum absolute atomic E-state index is 0.00155. The first-order valence-electron chi connectivity index (χ1n) is 7.76. The molecule has 2 atom stereocenters. The topological polar surface area (TPSA) is 108 Å². The van der Waals surface area contributed by atoms with Crippen LogP contribution in [0.15, 0.2) is 4.79 Å². The van der Waals surface area contributed by atoms with Gasteiger partial charge in [0.05, 0.1) is 5.02 Å². The van der Waals surface area contributed by atoms with Crippen molar-refractivity contribution in [2.24, 2.45) is 14.1 Å². The number of nitrogens with zero attached hydrogens (tertiary/aromatic N) is 6. The zero-order chi connectivity index (χ0) is 18.7. The SMILES string of the molecule is CCC(Cl)C(CC)c1c(Cl)c(C(=O)Nc2nnnn2C)nn(C)c1=O. The molecule has 0 aliphatic heterocycles. The normalized spacial score (nSPS) is 13.5. The van der Waals surface area contributed by atoms with Gasteiger partial charge in [-0.15, -0.1) is 11.6 Å². The summed E-state index contributed by atoms with van der Waals surface area (Å²) in [5, 5.41) is 17.0. The summed E-state index contributed by atoms with van der Waals surface area (Å²) in [5.74, 6) is -0.768. The first kappa shape index (κ1) is 19.3. The largest absolute Gasteiger partial charge is 0.288 e. The van der Waals surface area contributed by atoms with Crippen molar-refractivity contribution in [1.82, 2.24) is 30.0 Å². The van der Waals surface area contributed by atoms with Gasteiger partial charge in [0.25, 0.3) is 11.5 Å². The van der Waals surface area contributed by atoms with Crippen molar-refractivity contribution in [3.8, 4) is 0 Å². The number of rotatable bonds is 6. The summed E-state index contributed by atoms with van der Waals surface area (Å²) < 4.78 is 2.38. The van der Waals surface area contributed by atoms with Crippen LogP contribution in [0.4, 0.5) is 5.95 Å². The van der Waals surface area contributed by atoms with Gasteiger partial charge in [-0.25, -0.2) is 9.36 Å². The Morgan fingerprint density at radius 2 is 1.92 bits per heavy atom. The lowest BCUT2D eigenvalue weighted by Gasteiger charge is -2.21. The highest BCUT2D eigenvalue weighted by molar-refractivity contribution is 6.35. The van der Waals surface area contributed by atoms with Gasteiger partial charge in [0, 0.05) is 31.0 Å². The van der Waals surface area contributed by atoms with E-state index in [4.69, 9.17) is 23.2 Å². The Hall–Kier alpha value is -2.00. The fourth-order valence-corrected chi connectivity index (χ4v) is 3.17. The van der Waals surface area contributed by atoms with Crippen LogP contribution in [0.1, 0.15) is 48.7 Å². The van der Waals surface area contributed by atoms with Crippen LogP contribution >= 0.6 is 23.2 Å². The molecule has 1 N–H and O–H groups in total. The molecule has 0 aromatic carbocycles. The molecule has 2 rings (SSSR count). The molecule has 2 unspecified atom stereocenters. The van der Waals surface area contributed by atoms with Gasteiger partial charge < -0.3 is 0 Å². The number of hydrogen-bond donors (Lipinski definition) is 1. The van der Waals surface area contributed by atoms with Gasteiger partial charge in [-0.3, -0.25) is 14.9 Å². The molecule has 2 aromatic heterocycles. The predicted molar refractivity (Wildman–Crippen MR) is 94.2 cm³/mol. The molecule has 0 bridgehead atoms. The molecule has 11 heteroatoms. The van der Waals surface area contributed by atoms with Gasteiger partial charge in [-0.05, 0) is 23.3 Å². The highest BCUT2D eigenvalue weighted by Crippen LogP contribution is 2.32. The Morgan fingerprint density at radius 3 is 2.44 bits per heavy atom. The number of carbonyl (C=O) groups is 1. The molecule has 1 amide bonds. The lowest BCUT2D eigenvalue weighted by molar-refractivity contribution is 0.101. The van der Waals surface area contributed by atoms with E-state index >= 15 is 0 Å². The maximum absolute atomic E-state index is 12.5. The number of aryl methyl sites for hydroxylation is 2. The van der Waals surface area contributed by atoms with Crippen LogP contribution in [0.3, 0.4) is 0 Å². The summed E-state index contributed by atoms with van der Waals surface area (Å²) in [6, 6.07) is 0. The summed E-state index contributed by atoms with van der Waals surface area (Å²) in [7, 11) is 3.04. The Labute approximate surface area is 154 Å². The molecule has 2 aromatic rings. The molecule has 0 fully saturated rings. The van der Waals surface area contributed by atoms with Gasteiger partial charge >= 0.3 is 0 Å². The molecule has 0 radical (unpaired) electrons. The van der Waals surface area contributed by atoms with Crippen LogP contribution < -0.4 is 10.9 Å². The van der Waals surface area contributed by atoms with Crippen molar-refractivity contribution in [1.29, 1.82) is 0 Å². The third-order valence-corrected chi connectivity index (χ3v) is 4.91. The van der Waals surface area contributed by atoms with Crippen LogP contribution in [-0.2, 0) is 14.1 Å². The van der Waals surface area contributed by atoms with E-state index in [-0.39, 0.29) is 33.5 Å². The summed E-state index contributed by atoms with van der Waals surface area (Å²) in [5.41, 5.74) is -0.155. The fourth-order valence-electron chi connectivity index (χ4n) is 2.52. The number of hydrogen-bond acceptors (Lipinski definition) is 6. The number of aromatic nitrogens is 6. The van der Waals surface area contributed by atoms with E-state index in [1.165, 1.54) is 11.7 Å². The molecular weight excluding hydrogens is 369 g/mol. The quantitative estimate of drug-likeness (QED) is 0.755. The molecule has 2 heterocycles. The van der Waals surface area contributed by atoms with Crippen molar-refractivity contribution in [2.75, 3.05) is 5.32 Å². The van der Waals surface area contributed by atoms with Crippen LogP contribution in [0, 0.1) is 0 Å². The third-order valence-electron chi connectivity index (χ3n) is 3.92. The van der Waals surface area contributed by atoms with Crippen LogP contribution in [0.2, 0.25) is 5.02 Å². The number of alkyl halides is 1. The van der Waals surface area contributed by atoms with Crippen molar-refractivity contribution in [2.45, 2.75) is 38.0 Å². The minimum Gasteiger partial charge on any atom is -0.288 e. The van der Waals surface area contributed by atoms with Gasteiger partial charge in [0.15, 0.2) is 5.69 Å². The van der Waals surface area contributed by atoms with Crippen LogP contribution in [0.25, 0.3) is 0 Å². The van der Waals surface area contributed by atoms with E-state index in [1.807, 2.05) is 13.8 Å². The first-order chi connectivity index (χ1) is 11.8. The van der Waals surface area contributed by atoms with Crippen molar-refractivity contribution in [3.05, 3.63) is 26.6 Å². The summed E-state index contributed by atoms with van der Waals surface area (Å²) in [6.45, 7) is 3.84. The number of halogens is 2. The zero-order valence-corrected chi connectivity index (χ0v) is 15.8. The molecule has 9 nitrogen and oxygen atoms in total. The maximum Gasteiger partial charge on any atom is 0.280 e. The fraction of sp³-hybridized carbons (Fsp3) is 0.571. The highest BCUT2D eigenvalue weighted by atomic mass is 35.5. The van der Waals surface area contributed by atoms with E-state index in [9.17, 15) is 9.59 Å². The van der Waals surface area contributed by atoms with E-state index in [0.717, 1.165) is 4.68 Å². The van der Waals surface area contributed by atoms with Gasteiger partial charge in [-0.1, -0.05) is 30.5 Å². The second-order valence-electron chi connectivity index (χ2n) is 5.52. The molecular formula is C14H19Cl2N7O2. The average Bonchev–Trinajstić information content (AvgIpc) is 2.98. The number of amides is 1. The van der Waals surface area contributed by atoms with Gasteiger partial charge in [0.1, 0.15) is 0 Å². The Morgan fingerprint density at radius 1 is 1.24 bits per heavy atom. The molecule has 25 heavy (non-hydrogen) atoms. The molecule has 0 saturated heterocycles. The second kappa shape index (κ2) is 7.92. The van der Waals surface area contributed by atoms with Crippen molar-refractivity contribution < 1.29 is 4.79 Å². The number of carbonyl (C=O) groups excluding carboxylic acids is 1. The first-order valence-corrected chi connectivity index (χ1v) is 8.57. The molecule has 136 valence electrons. The van der Waals surface area contributed by atoms with Crippen LogP contribution in [0.5, 0.6) is 0 Å². The van der Waals surface area contributed by atoms with Gasteiger partial charge in [0.2, 0.25) is 5.95 Å². The maximum atomic E-state index is 12.5. The zero-order valence-electron chi connectivity index (χ0n) is 14.3. The number of nitrogens with one attached hydrogen (secondary N) is 1. The second-order valence-corrected chi connectivity index (χ2v) is 6.46. The highest BCUT2D eigenvalue weighted by Gasteiger charge is 2.29. The Balaban J connectivity index is 2.52. The molecule has 0 aliphatic carbocycles. The molecule has 0 aliphatic rings. The lowest BCUT2D eigenvalue weighted by atomic mass is 9.92. The Kier molecular flexibility index (Phi) is 6.12. The third kappa shape index (κ3) is 3.82. The summed E-state index contributed by atoms with van der Waals surface area (Å²) >= 11 is 12.8. The smallest absolute Gasteiger partial charge is 0.280 e. The van der Waals surface area contributed by atoms with Crippen molar-refractivity contribution in [3.63, 3.8) is 0 Å². The van der Waals surface area contributed by atoms with E-state index in [1.54, 1.807) is 7.05 Å². The van der Waals surface area contributed by atoms with E-state index in [0.29, 0.717) is 18.4 Å². The Bertz CT molecular complexity index is 833. The van der Waals surface area contributed by atoms with E-state index in [2.05, 4.69) is 25.9 Å². The number of anilines is 1. The monoisotopic (exact) mass is 387 g/mol. The average molecular weight is 388 g/mol. The number of tetrazole rings is 1. The summed E-state index contributed by atoms with van der Waals surface area (Å²) in [4.78, 5) is 25.1.